The van der Waals surface area contributed by atoms with Crippen molar-refractivity contribution in [3.63, 3.8) is 0 Å². The molecule has 4 heteroatoms. The lowest BCUT2D eigenvalue weighted by atomic mass is 9.87. The second kappa shape index (κ2) is 7.07. The number of carbonyl (C=O) groups excluding carboxylic acids is 2. The third-order valence-electron chi connectivity index (χ3n) is 3.37. The zero-order valence-corrected chi connectivity index (χ0v) is 13.3. The average Bonchev–Trinajstić information content (AvgIpc) is 2.43. The molecule has 4 nitrogen and oxygen atoms in total. The molecule has 0 aliphatic heterocycles. The number of esters is 1. The van der Waals surface area contributed by atoms with E-state index in [0.717, 1.165) is 11.1 Å². The lowest BCUT2D eigenvalue weighted by molar-refractivity contribution is -0.116. The molecule has 0 aliphatic carbocycles. The van der Waals surface area contributed by atoms with Crippen molar-refractivity contribution in [2.24, 2.45) is 5.41 Å². The smallest absolute Gasteiger partial charge is 0.337 e. The highest BCUT2D eigenvalue weighted by atomic mass is 16.5. The maximum Gasteiger partial charge on any atom is 0.337 e. The van der Waals surface area contributed by atoms with Gasteiger partial charge in [-0.25, -0.2) is 4.79 Å². The van der Waals surface area contributed by atoms with Crippen LogP contribution in [0.25, 0.3) is 0 Å². The van der Waals surface area contributed by atoms with Crippen LogP contribution in [0.4, 0.5) is 0 Å². The van der Waals surface area contributed by atoms with Crippen LogP contribution in [-0.4, -0.2) is 19.0 Å². The molecule has 21 heavy (non-hydrogen) atoms. The first-order valence-corrected chi connectivity index (χ1v) is 6.88. The van der Waals surface area contributed by atoms with Crippen LogP contribution in [0.2, 0.25) is 0 Å². The molecular formula is C17H23NO3. The van der Waals surface area contributed by atoms with Gasteiger partial charge < -0.3 is 10.1 Å². The highest BCUT2D eigenvalue weighted by molar-refractivity contribution is 5.89. The number of nitrogens with one attached hydrogen (secondary N) is 1. The fourth-order valence-corrected chi connectivity index (χ4v) is 1.53. The van der Waals surface area contributed by atoms with Gasteiger partial charge in [-0.15, -0.1) is 0 Å². The summed E-state index contributed by atoms with van der Waals surface area (Å²) in [6.45, 7) is 8.58. The Hall–Kier alpha value is -2.10. The van der Waals surface area contributed by atoms with Gasteiger partial charge in [0.25, 0.3) is 0 Å². The van der Waals surface area contributed by atoms with E-state index in [9.17, 15) is 9.59 Å². The molecule has 1 N–H and O–H groups in total. The summed E-state index contributed by atoms with van der Waals surface area (Å²) in [6.07, 6.45) is 1.63. The van der Waals surface area contributed by atoms with Gasteiger partial charge in [0.1, 0.15) is 0 Å². The minimum atomic E-state index is -0.366. The SMILES string of the molecule is COC(=O)c1ccc(CNC(=O)C=C(C)C(C)(C)C)cc1. The van der Waals surface area contributed by atoms with Gasteiger partial charge in [-0.3, -0.25) is 4.79 Å². The van der Waals surface area contributed by atoms with Gasteiger partial charge in [-0.05, 0) is 30.0 Å². The first-order chi connectivity index (χ1) is 9.74. The van der Waals surface area contributed by atoms with Gasteiger partial charge in [-0.1, -0.05) is 38.5 Å². The van der Waals surface area contributed by atoms with Crippen molar-refractivity contribution in [1.82, 2.24) is 5.32 Å². The molecule has 0 spiro atoms. The molecule has 0 aromatic heterocycles. The number of methoxy groups -OCH3 is 1. The van der Waals surface area contributed by atoms with Crippen molar-refractivity contribution in [2.75, 3.05) is 7.11 Å². The molecule has 0 radical (unpaired) electrons. The Labute approximate surface area is 126 Å². The van der Waals surface area contributed by atoms with Crippen molar-refractivity contribution in [3.05, 3.63) is 47.0 Å². The van der Waals surface area contributed by atoms with E-state index in [-0.39, 0.29) is 17.3 Å². The summed E-state index contributed by atoms with van der Waals surface area (Å²) in [5.41, 5.74) is 2.44. The van der Waals surface area contributed by atoms with Gasteiger partial charge in [0.15, 0.2) is 0 Å². The zero-order valence-electron chi connectivity index (χ0n) is 13.3. The Balaban J connectivity index is 2.60. The molecule has 0 aliphatic rings. The van der Waals surface area contributed by atoms with Crippen LogP contribution in [0, 0.1) is 5.41 Å². The zero-order chi connectivity index (χ0) is 16.0. The van der Waals surface area contributed by atoms with Gasteiger partial charge in [0.2, 0.25) is 5.91 Å². The van der Waals surface area contributed by atoms with E-state index in [2.05, 4.69) is 30.8 Å². The van der Waals surface area contributed by atoms with Crippen molar-refractivity contribution in [2.45, 2.75) is 34.2 Å². The molecule has 0 fully saturated rings. The minimum Gasteiger partial charge on any atom is -0.465 e. The maximum absolute atomic E-state index is 11.8. The van der Waals surface area contributed by atoms with E-state index in [1.165, 1.54) is 7.11 Å². The molecule has 0 saturated carbocycles. The van der Waals surface area contributed by atoms with E-state index < -0.39 is 0 Å². The average molecular weight is 289 g/mol. The van der Waals surface area contributed by atoms with E-state index in [0.29, 0.717) is 12.1 Å². The molecule has 1 aromatic carbocycles. The van der Waals surface area contributed by atoms with Crippen molar-refractivity contribution >= 4 is 11.9 Å². The van der Waals surface area contributed by atoms with Crippen LogP contribution < -0.4 is 5.32 Å². The first-order valence-electron chi connectivity index (χ1n) is 6.88. The van der Waals surface area contributed by atoms with Crippen LogP contribution in [-0.2, 0) is 16.1 Å². The largest absolute Gasteiger partial charge is 0.465 e. The highest BCUT2D eigenvalue weighted by Gasteiger charge is 2.13. The fraction of sp³-hybridized carbons (Fsp3) is 0.412. The number of benzene rings is 1. The number of ether oxygens (including phenoxy) is 1. The van der Waals surface area contributed by atoms with Crippen molar-refractivity contribution in [1.29, 1.82) is 0 Å². The van der Waals surface area contributed by atoms with Gasteiger partial charge in [-0.2, -0.15) is 0 Å². The lowest BCUT2D eigenvalue weighted by Gasteiger charge is -2.19. The lowest BCUT2D eigenvalue weighted by Crippen LogP contribution is -2.22. The monoisotopic (exact) mass is 289 g/mol. The normalized spacial score (nSPS) is 12.0. The summed E-state index contributed by atoms with van der Waals surface area (Å²) >= 11 is 0. The molecule has 1 aromatic rings. The van der Waals surface area contributed by atoms with E-state index in [4.69, 9.17) is 0 Å². The Morgan fingerprint density at radius 1 is 1.19 bits per heavy atom. The quantitative estimate of drug-likeness (QED) is 0.684. The van der Waals surface area contributed by atoms with Gasteiger partial charge in [0.05, 0.1) is 12.7 Å². The van der Waals surface area contributed by atoms with Gasteiger partial charge >= 0.3 is 5.97 Å². The third-order valence-corrected chi connectivity index (χ3v) is 3.37. The summed E-state index contributed by atoms with van der Waals surface area (Å²) in [6, 6.07) is 6.97. The maximum atomic E-state index is 11.8. The van der Waals surface area contributed by atoms with Crippen LogP contribution in [0.1, 0.15) is 43.6 Å². The first kappa shape index (κ1) is 17.0. The number of allylic oxidation sites excluding steroid dienone is 1. The number of amides is 1. The number of rotatable bonds is 4. The minimum absolute atomic E-state index is 0.0144. The Bertz CT molecular complexity index is 536. The number of hydrogen-bond donors (Lipinski definition) is 1. The molecule has 1 rings (SSSR count). The van der Waals surface area contributed by atoms with Crippen LogP contribution in [0.5, 0.6) is 0 Å². The van der Waals surface area contributed by atoms with Crippen LogP contribution >= 0.6 is 0 Å². The molecule has 0 bridgehead atoms. The fourth-order valence-electron chi connectivity index (χ4n) is 1.53. The summed E-state index contributed by atoms with van der Waals surface area (Å²) < 4.78 is 4.63. The molecule has 0 unspecified atom stereocenters. The number of carbonyl (C=O) groups is 2. The summed E-state index contributed by atoms with van der Waals surface area (Å²) in [5, 5.41) is 2.83. The predicted molar refractivity (Wildman–Crippen MR) is 82.8 cm³/mol. The molecule has 114 valence electrons. The summed E-state index contributed by atoms with van der Waals surface area (Å²) in [5.74, 6) is -0.478. The Morgan fingerprint density at radius 2 is 1.76 bits per heavy atom. The van der Waals surface area contributed by atoms with Crippen molar-refractivity contribution < 1.29 is 14.3 Å². The molecule has 0 atom stereocenters. The molecular weight excluding hydrogens is 266 g/mol. The third kappa shape index (κ3) is 5.42. The molecule has 0 heterocycles. The van der Waals surface area contributed by atoms with Crippen LogP contribution in [0.3, 0.4) is 0 Å². The van der Waals surface area contributed by atoms with Gasteiger partial charge in [0, 0.05) is 12.6 Å². The highest BCUT2D eigenvalue weighted by Crippen LogP contribution is 2.23. The van der Waals surface area contributed by atoms with E-state index >= 15 is 0 Å². The van der Waals surface area contributed by atoms with E-state index in [1.54, 1.807) is 30.3 Å². The van der Waals surface area contributed by atoms with Crippen molar-refractivity contribution in [3.8, 4) is 0 Å². The standard InChI is InChI=1S/C17H23NO3/c1-12(17(2,3)4)10-15(19)18-11-13-6-8-14(9-7-13)16(20)21-5/h6-10H,11H2,1-5H3,(H,18,19). The summed E-state index contributed by atoms with van der Waals surface area (Å²) in [4.78, 5) is 23.1. The molecule has 1 amide bonds. The van der Waals surface area contributed by atoms with E-state index in [1.807, 2.05) is 6.92 Å². The second-order valence-electron chi connectivity index (χ2n) is 5.98. The molecule has 0 saturated heterocycles. The van der Waals surface area contributed by atoms with Crippen LogP contribution in [0.15, 0.2) is 35.9 Å². The predicted octanol–water partition coefficient (Wildman–Crippen LogP) is 3.08. The Kier molecular flexibility index (Phi) is 5.70. The second-order valence-corrected chi connectivity index (χ2v) is 5.98. The Morgan fingerprint density at radius 3 is 2.24 bits per heavy atom. The topological polar surface area (TPSA) is 55.4 Å². The summed E-state index contributed by atoms with van der Waals surface area (Å²) in [7, 11) is 1.35. The number of hydrogen-bond acceptors (Lipinski definition) is 3.